The van der Waals surface area contributed by atoms with Crippen molar-refractivity contribution in [2.24, 2.45) is 0 Å². The van der Waals surface area contributed by atoms with E-state index in [0.717, 1.165) is 4.47 Å². The molecule has 5 heteroatoms. The molecule has 0 atom stereocenters. The van der Waals surface area contributed by atoms with Crippen LogP contribution < -0.4 is 10.1 Å². The van der Waals surface area contributed by atoms with Gasteiger partial charge < -0.3 is 9.47 Å². The van der Waals surface area contributed by atoms with E-state index in [9.17, 15) is 4.79 Å². The maximum absolute atomic E-state index is 11.5. The van der Waals surface area contributed by atoms with E-state index < -0.39 is 11.7 Å². The van der Waals surface area contributed by atoms with E-state index in [-0.39, 0.29) is 0 Å². The average Bonchev–Trinajstić information content (AvgIpc) is 2.18. The van der Waals surface area contributed by atoms with Crippen molar-refractivity contribution in [2.45, 2.75) is 26.4 Å². The minimum Gasteiger partial charge on any atom is -0.495 e. The fourth-order valence-electron chi connectivity index (χ4n) is 1.16. The highest BCUT2D eigenvalue weighted by atomic mass is 79.9. The number of amides is 1. The van der Waals surface area contributed by atoms with Gasteiger partial charge in [0.2, 0.25) is 0 Å². The second-order valence-electron chi connectivity index (χ2n) is 4.48. The number of methoxy groups -OCH3 is 1. The van der Waals surface area contributed by atoms with Crippen molar-refractivity contribution in [3.63, 3.8) is 0 Å². The Labute approximate surface area is 109 Å². The van der Waals surface area contributed by atoms with Crippen LogP contribution in [0.2, 0.25) is 0 Å². The highest BCUT2D eigenvalue weighted by molar-refractivity contribution is 9.10. The van der Waals surface area contributed by atoms with Crippen molar-refractivity contribution in [1.82, 2.24) is 0 Å². The number of rotatable bonds is 2. The van der Waals surface area contributed by atoms with Crippen LogP contribution >= 0.6 is 15.9 Å². The number of carbonyl (C=O) groups is 1. The van der Waals surface area contributed by atoms with E-state index >= 15 is 0 Å². The Kier molecular flexibility index (Phi) is 4.40. The molecule has 0 spiro atoms. The Hall–Kier alpha value is -1.23. The highest BCUT2D eigenvalue weighted by Gasteiger charge is 2.16. The average molecular weight is 302 g/mol. The topological polar surface area (TPSA) is 47.6 Å². The Bertz CT molecular complexity index is 413. The molecule has 1 amide bonds. The number of hydrogen-bond donors (Lipinski definition) is 1. The molecule has 0 bridgehead atoms. The van der Waals surface area contributed by atoms with Crippen LogP contribution in [0.3, 0.4) is 0 Å². The zero-order chi connectivity index (χ0) is 13.1. The Balaban J connectivity index is 2.72. The standard InChI is InChI=1S/C12H16BrNO3/c1-12(2,3)17-11(15)14-8-5-6-9(13)10(7-8)16-4/h5-7H,1-4H3,(H,14,15). The molecule has 4 nitrogen and oxygen atoms in total. The summed E-state index contributed by atoms with van der Waals surface area (Å²) in [6, 6.07) is 5.27. The molecule has 1 rings (SSSR count). The largest absolute Gasteiger partial charge is 0.495 e. The molecule has 0 unspecified atom stereocenters. The molecule has 0 aromatic heterocycles. The third-order valence-corrected chi connectivity index (χ3v) is 2.45. The number of halogens is 1. The monoisotopic (exact) mass is 301 g/mol. The molecule has 17 heavy (non-hydrogen) atoms. The van der Waals surface area contributed by atoms with Gasteiger partial charge in [-0.3, -0.25) is 5.32 Å². The first-order chi connectivity index (χ1) is 7.81. The molecule has 94 valence electrons. The molecule has 1 aromatic carbocycles. The maximum atomic E-state index is 11.5. The van der Waals surface area contributed by atoms with Gasteiger partial charge >= 0.3 is 6.09 Å². The Morgan fingerprint density at radius 1 is 1.35 bits per heavy atom. The summed E-state index contributed by atoms with van der Waals surface area (Å²) >= 11 is 3.34. The van der Waals surface area contributed by atoms with Crippen molar-refractivity contribution in [2.75, 3.05) is 12.4 Å². The molecule has 0 aliphatic rings. The smallest absolute Gasteiger partial charge is 0.412 e. The molecule has 0 fully saturated rings. The van der Waals surface area contributed by atoms with Crippen molar-refractivity contribution in [1.29, 1.82) is 0 Å². The Morgan fingerprint density at radius 2 is 2.00 bits per heavy atom. The van der Waals surface area contributed by atoms with Gasteiger partial charge in [0.05, 0.1) is 11.6 Å². The molecule has 1 aromatic rings. The fraction of sp³-hybridized carbons (Fsp3) is 0.417. The summed E-state index contributed by atoms with van der Waals surface area (Å²) in [5.41, 5.74) is 0.114. The van der Waals surface area contributed by atoms with Crippen LogP contribution in [0.25, 0.3) is 0 Å². The predicted octanol–water partition coefficient (Wildman–Crippen LogP) is 3.80. The van der Waals surface area contributed by atoms with Crippen LogP contribution in [0, 0.1) is 0 Å². The van der Waals surface area contributed by atoms with Gasteiger partial charge in [0, 0.05) is 11.8 Å². The minimum absolute atomic E-state index is 0.484. The van der Waals surface area contributed by atoms with Gasteiger partial charge in [-0.15, -0.1) is 0 Å². The summed E-state index contributed by atoms with van der Waals surface area (Å²) in [4.78, 5) is 11.5. The van der Waals surface area contributed by atoms with Crippen LogP contribution in [0.1, 0.15) is 20.8 Å². The van der Waals surface area contributed by atoms with Crippen molar-refractivity contribution < 1.29 is 14.3 Å². The summed E-state index contributed by atoms with van der Waals surface area (Å²) < 4.78 is 11.1. The summed E-state index contributed by atoms with van der Waals surface area (Å²) in [5, 5.41) is 2.64. The molecular formula is C12H16BrNO3. The molecule has 0 aliphatic carbocycles. The van der Waals surface area contributed by atoms with E-state index in [1.54, 1.807) is 25.3 Å². The van der Waals surface area contributed by atoms with E-state index in [2.05, 4.69) is 21.2 Å². The zero-order valence-corrected chi connectivity index (χ0v) is 11.9. The second-order valence-corrected chi connectivity index (χ2v) is 5.33. The number of nitrogens with one attached hydrogen (secondary N) is 1. The molecular weight excluding hydrogens is 286 g/mol. The first-order valence-electron chi connectivity index (χ1n) is 5.15. The molecule has 0 saturated carbocycles. The van der Waals surface area contributed by atoms with Gasteiger partial charge in [-0.25, -0.2) is 4.79 Å². The molecule has 0 radical (unpaired) electrons. The lowest BCUT2D eigenvalue weighted by Gasteiger charge is -2.19. The van der Waals surface area contributed by atoms with Crippen LogP contribution in [-0.2, 0) is 4.74 Å². The summed E-state index contributed by atoms with van der Waals surface area (Å²) in [6.45, 7) is 5.44. The van der Waals surface area contributed by atoms with Gasteiger partial charge in [0.25, 0.3) is 0 Å². The third-order valence-electron chi connectivity index (χ3n) is 1.80. The van der Waals surface area contributed by atoms with Gasteiger partial charge in [0.1, 0.15) is 11.4 Å². The minimum atomic E-state index is -0.510. The van der Waals surface area contributed by atoms with Gasteiger partial charge in [-0.05, 0) is 48.8 Å². The van der Waals surface area contributed by atoms with Crippen molar-refractivity contribution in [3.05, 3.63) is 22.7 Å². The van der Waals surface area contributed by atoms with Crippen LogP contribution in [-0.4, -0.2) is 18.8 Å². The van der Waals surface area contributed by atoms with E-state index in [1.165, 1.54) is 0 Å². The van der Waals surface area contributed by atoms with Gasteiger partial charge in [-0.1, -0.05) is 0 Å². The first kappa shape index (κ1) is 13.8. The summed E-state index contributed by atoms with van der Waals surface area (Å²) in [7, 11) is 1.57. The van der Waals surface area contributed by atoms with E-state index in [4.69, 9.17) is 9.47 Å². The van der Waals surface area contributed by atoms with Gasteiger partial charge in [-0.2, -0.15) is 0 Å². The summed E-state index contributed by atoms with van der Waals surface area (Å²) in [5.74, 6) is 0.651. The number of carbonyl (C=O) groups excluding carboxylic acids is 1. The summed E-state index contributed by atoms with van der Waals surface area (Å²) in [6.07, 6.45) is -0.484. The van der Waals surface area contributed by atoms with Crippen molar-refractivity contribution >= 4 is 27.7 Å². The molecule has 1 N–H and O–H groups in total. The second kappa shape index (κ2) is 5.40. The van der Waals surface area contributed by atoms with Crippen molar-refractivity contribution in [3.8, 4) is 5.75 Å². The normalized spacial score (nSPS) is 10.9. The number of anilines is 1. The lowest BCUT2D eigenvalue weighted by atomic mass is 10.2. The number of benzene rings is 1. The SMILES string of the molecule is COc1cc(NC(=O)OC(C)(C)C)ccc1Br. The third kappa shape index (κ3) is 4.65. The van der Waals surface area contributed by atoms with Gasteiger partial charge in [0.15, 0.2) is 0 Å². The Morgan fingerprint density at radius 3 is 2.53 bits per heavy atom. The first-order valence-corrected chi connectivity index (χ1v) is 5.94. The van der Waals surface area contributed by atoms with Crippen LogP contribution in [0.15, 0.2) is 22.7 Å². The van der Waals surface area contributed by atoms with Crippen LogP contribution in [0.4, 0.5) is 10.5 Å². The molecule has 0 aliphatic heterocycles. The quantitative estimate of drug-likeness (QED) is 0.903. The number of hydrogen-bond acceptors (Lipinski definition) is 3. The lowest BCUT2D eigenvalue weighted by molar-refractivity contribution is 0.0636. The van der Waals surface area contributed by atoms with E-state index in [1.807, 2.05) is 20.8 Å². The lowest BCUT2D eigenvalue weighted by Crippen LogP contribution is -2.27. The highest BCUT2D eigenvalue weighted by Crippen LogP contribution is 2.28. The molecule has 0 saturated heterocycles. The number of ether oxygens (including phenoxy) is 2. The molecule has 0 heterocycles. The maximum Gasteiger partial charge on any atom is 0.412 e. The zero-order valence-electron chi connectivity index (χ0n) is 10.3. The van der Waals surface area contributed by atoms with E-state index in [0.29, 0.717) is 11.4 Å². The van der Waals surface area contributed by atoms with Crippen LogP contribution in [0.5, 0.6) is 5.75 Å². The fourth-order valence-corrected chi connectivity index (χ4v) is 1.57. The predicted molar refractivity (Wildman–Crippen MR) is 70.6 cm³/mol.